The van der Waals surface area contributed by atoms with Crippen LogP contribution in [-0.2, 0) is 5.79 Å². The summed E-state index contributed by atoms with van der Waals surface area (Å²) >= 11 is 0. The molecule has 0 atom stereocenters. The van der Waals surface area contributed by atoms with Gasteiger partial charge < -0.3 is 15.3 Å². The van der Waals surface area contributed by atoms with Crippen LogP contribution in [0.15, 0.2) is 24.3 Å². The first-order valence-corrected chi connectivity index (χ1v) is 5.31. The summed E-state index contributed by atoms with van der Waals surface area (Å²) < 4.78 is 0. The molecule has 0 aliphatic rings. The number of phenols is 1. The van der Waals surface area contributed by atoms with E-state index < -0.39 is 5.79 Å². The monoisotopic (exact) mass is 210 g/mol. The molecular weight excluding hydrogens is 192 g/mol. The first-order valence-electron chi connectivity index (χ1n) is 5.31. The maximum atomic E-state index is 9.79. The number of phenolic OH excluding ortho intramolecular Hbond substituents is 1. The minimum absolute atomic E-state index is 0.0704. The number of hydrogen-bond acceptors (Lipinski definition) is 3. The molecule has 1 aromatic rings. The molecule has 3 heteroatoms. The second-order valence-electron chi connectivity index (χ2n) is 3.79. The maximum Gasteiger partial charge on any atom is 0.193 e. The molecule has 0 fully saturated rings. The summed E-state index contributed by atoms with van der Waals surface area (Å²) in [5, 5.41) is 29.1. The van der Waals surface area contributed by atoms with Crippen LogP contribution in [0.4, 0.5) is 0 Å². The summed E-state index contributed by atoms with van der Waals surface area (Å²) in [5.74, 6) is -1.99. The van der Waals surface area contributed by atoms with Gasteiger partial charge in [-0.15, -0.1) is 0 Å². The molecule has 0 aliphatic heterocycles. The lowest BCUT2D eigenvalue weighted by Gasteiger charge is -2.22. The number of rotatable bonds is 5. The molecule has 15 heavy (non-hydrogen) atoms. The Hall–Kier alpha value is -1.06. The van der Waals surface area contributed by atoms with Gasteiger partial charge in [-0.25, -0.2) is 0 Å². The molecule has 0 bridgehead atoms. The number of benzene rings is 1. The summed E-state index contributed by atoms with van der Waals surface area (Å²) in [5.41, 5.74) is 0.182. The topological polar surface area (TPSA) is 60.7 Å². The van der Waals surface area contributed by atoms with Crippen LogP contribution in [-0.4, -0.2) is 15.3 Å². The molecule has 0 aromatic heterocycles. The van der Waals surface area contributed by atoms with Gasteiger partial charge in [0.05, 0.1) is 5.56 Å². The highest BCUT2D eigenvalue weighted by molar-refractivity contribution is 5.34. The zero-order chi connectivity index (χ0) is 11.3. The molecule has 1 aromatic carbocycles. The number of aliphatic hydroxyl groups is 2. The summed E-state index contributed by atoms with van der Waals surface area (Å²) in [4.78, 5) is 0. The number of hydrogen-bond donors (Lipinski definition) is 3. The Morgan fingerprint density at radius 3 is 2.40 bits per heavy atom. The molecule has 3 N–H and O–H groups in total. The van der Waals surface area contributed by atoms with E-state index in [1.807, 2.05) is 0 Å². The Kier molecular flexibility index (Phi) is 4.12. The van der Waals surface area contributed by atoms with Crippen molar-refractivity contribution in [2.24, 2.45) is 0 Å². The first kappa shape index (κ1) is 12.0. The molecule has 0 heterocycles. The van der Waals surface area contributed by atoms with Crippen molar-refractivity contribution in [1.82, 2.24) is 0 Å². The van der Waals surface area contributed by atoms with E-state index in [1.54, 1.807) is 12.1 Å². The van der Waals surface area contributed by atoms with Gasteiger partial charge in [-0.1, -0.05) is 31.9 Å². The molecule has 0 spiro atoms. The van der Waals surface area contributed by atoms with E-state index in [-0.39, 0.29) is 17.7 Å². The summed E-state index contributed by atoms with van der Waals surface area (Å²) in [7, 11) is 0. The second kappa shape index (κ2) is 5.14. The summed E-state index contributed by atoms with van der Waals surface area (Å²) in [6.07, 6.45) is 2.96. The van der Waals surface area contributed by atoms with Crippen molar-refractivity contribution in [3.63, 3.8) is 0 Å². The van der Waals surface area contributed by atoms with Gasteiger partial charge >= 0.3 is 0 Å². The van der Waals surface area contributed by atoms with Gasteiger partial charge in [-0.2, -0.15) is 0 Å². The van der Waals surface area contributed by atoms with Gasteiger partial charge in [-0.3, -0.25) is 0 Å². The molecule has 0 amide bonds. The normalized spacial score (nSPS) is 11.7. The Morgan fingerprint density at radius 1 is 1.13 bits per heavy atom. The van der Waals surface area contributed by atoms with Crippen LogP contribution in [0.5, 0.6) is 5.75 Å². The molecule has 3 nitrogen and oxygen atoms in total. The Bertz CT molecular complexity index is 307. The van der Waals surface area contributed by atoms with Crippen LogP contribution >= 0.6 is 0 Å². The van der Waals surface area contributed by atoms with E-state index in [4.69, 9.17) is 0 Å². The lowest BCUT2D eigenvalue weighted by atomic mass is 9.98. The molecule has 0 saturated heterocycles. The molecular formula is C12H18O3. The molecule has 0 saturated carbocycles. The van der Waals surface area contributed by atoms with Crippen molar-refractivity contribution in [1.29, 1.82) is 0 Å². The van der Waals surface area contributed by atoms with Gasteiger partial charge in [0.1, 0.15) is 5.75 Å². The predicted octanol–water partition coefficient (Wildman–Crippen LogP) is 2.11. The fourth-order valence-corrected chi connectivity index (χ4v) is 1.57. The standard InChI is InChI=1S/C12H18O3/c1-2-3-6-9-12(14,15)10-7-4-5-8-11(10)13/h4-5,7-8,13-15H,2-3,6,9H2,1H3. The first-order chi connectivity index (χ1) is 7.08. The highest BCUT2D eigenvalue weighted by Crippen LogP contribution is 2.30. The van der Waals surface area contributed by atoms with Crippen molar-refractivity contribution in [2.45, 2.75) is 38.4 Å². The van der Waals surface area contributed by atoms with Crippen LogP contribution < -0.4 is 0 Å². The van der Waals surface area contributed by atoms with Crippen molar-refractivity contribution in [2.75, 3.05) is 0 Å². The summed E-state index contributed by atoms with van der Waals surface area (Å²) in [6, 6.07) is 6.31. The minimum Gasteiger partial charge on any atom is -0.507 e. The molecule has 84 valence electrons. The molecule has 0 aliphatic carbocycles. The molecule has 0 radical (unpaired) electrons. The second-order valence-corrected chi connectivity index (χ2v) is 3.79. The highest BCUT2D eigenvalue weighted by atomic mass is 16.5. The van der Waals surface area contributed by atoms with Crippen molar-refractivity contribution < 1.29 is 15.3 Å². The third-order valence-electron chi connectivity index (χ3n) is 2.46. The van der Waals surface area contributed by atoms with Crippen LogP contribution in [0.25, 0.3) is 0 Å². The van der Waals surface area contributed by atoms with Crippen LogP contribution in [0.3, 0.4) is 0 Å². The SMILES string of the molecule is CCCCCC(O)(O)c1ccccc1O. The molecule has 0 unspecified atom stereocenters. The minimum atomic E-state index is -1.92. The van der Waals surface area contributed by atoms with Gasteiger partial charge in [0.25, 0.3) is 0 Å². The van der Waals surface area contributed by atoms with E-state index in [0.717, 1.165) is 19.3 Å². The average Bonchev–Trinajstić information content (AvgIpc) is 2.18. The lowest BCUT2D eigenvalue weighted by molar-refractivity contribution is -0.176. The lowest BCUT2D eigenvalue weighted by Crippen LogP contribution is -2.24. The number of para-hydroxylation sites is 1. The van der Waals surface area contributed by atoms with Crippen LogP contribution in [0, 0.1) is 0 Å². The average molecular weight is 210 g/mol. The Labute approximate surface area is 90.0 Å². The van der Waals surface area contributed by atoms with E-state index in [9.17, 15) is 15.3 Å². The Morgan fingerprint density at radius 2 is 1.80 bits per heavy atom. The zero-order valence-corrected chi connectivity index (χ0v) is 8.98. The zero-order valence-electron chi connectivity index (χ0n) is 8.98. The fraction of sp³-hybridized carbons (Fsp3) is 0.500. The highest BCUT2D eigenvalue weighted by Gasteiger charge is 2.27. The number of unbranched alkanes of at least 4 members (excludes halogenated alkanes) is 2. The van der Waals surface area contributed by atoms with Crippen LogP contribution in [0.1, 0.15) is 38.2 Å². The van der Waals surface area contributed by atoms with Gasteiger partial charge in [0.15, 0.2) is 5.79 Å². The third-order valence-corrected chi connectivity index (χ3v) is 2.46. The Balaban J connectivity index is 2.72. The number of aromatic hydroxyl groups is 1. The summed E-state index contributed by atoms with van der Waals surface area (Å²) in [6.45, 7) is 2.05. The van der Waals surface area contributed by atoms with E-state index in [2.05, 4.69) is 6.92 Å². The third kappa shape index (κ3) is 3.22. The van der Waals surface area contributed by atoms with E-state index in [0.29, 0.717) is 0 Å². The maximum absolute atomic E-state index is 9.79. The van der Waals surface area contributed by atoms with Gasteiger partial charge in [-0.05, 0) is 18.6 Å². The van der Waals surface area contributed by atoms with Crippen molar-refractivity contribution in [3.05, 3.63) is 29.8 Å². The largest absolute Gasteiger partial charge is 0.507 e. The van der Waals surface area contributed by atoms with E-state index >= 15 is 0 Å². The van der Waals surface area contributed by atoms with Gasteiger partial charge in [0.2, 0.25) is 0 Å². The van der Waals surface area contributed by atoms with Crippen LogP contribution in [0.2, 0.25) is 0 Å². The van der Waals surface area contributed by atoms with Crippen molar-refractivity contribution in [3.8, 4) is 5.75 Å². The smallest absolute Gasteiger partial charge is 0.193 e. The molecule has 1 rings (SSSR count). The van der Waals surface area contributed by atoms with E-state index in [1.165, 1.54) is 12.1 Å². The van der Waals surface area contributed by atoms with Gasteiger partial charge in [0, 0.05) is 6.42 Å². The fourth-order valence-electron chi connectivity index (χ4n) is 1.57. The van der Waals surface area contributed by atoms with Crippen molar-refractivity contribution >= 4 is 0 Å². The quantitative estimate of drug-likeness (QED) is 0.515. The predicted molar refractivity (Wildman–Crippen MR) is 58.4 cm³/mol.